The molecule has 2 aliphatic carbocycles. The highest BCUT2D eigenvalue weighted by molar-refractivity contribution is 8.01. The van der Waals surface area contributed by atoms with E-state index in [1.165, 1.54) is 35.9 Å². The van der Waals surface area contributed by atoms with Gasteiger partial charge in [0.05, 0.1) is 22.3 Å². The SMILES string of the molecule is CCO[C@H]1CC[C@H](N(C(=O)Nc2ncc(SCC(=O)O)s2)C2CCCC2)CC1. The minimum absolute atomic E-state index is 0.00709. The second-order valence-corrected chi connectivity index (χ2v) is 9.63. The van der Waals surface area contributed by atoms with Crippen molar-refractivity contribution < 1.29 is 19.4 Å². The number of nitrogens with zero attached hydrogens (tertiary/aromatic N) is 2. The van der Waals surface area contributed by atoms with Gasteiger partial charge in [-0.15, -0.1) is 11.8 Å². The molecule has 2 fully saturated rings. The van der Waals surface area contributed by atoms with E-state index >= 15 is 0 Å². The number of carbonyl (C=O) groups excluding carboxylic acids is 1. The van der Waals surface area contributed by atoms with E-state index in [2.05, 4.69) is 15.2 Å². The predicted molar refractivity (Wildman–Crippen MR) is 111 cm³/mol. The summed E-state index contributed by atoms with van der Waals surface area (Å²) in [6.45, 7) is 2.77. The molecule has 1 aromatic rings. The Morgan fingerprint density at radius 3 is 2.57 bits per heavy atom. The molecule has 9 heteroatoms. The average Bonchev–Trinajstić information content (AvgIpc) is 3.34. The highest BCUT2D eigenvalue weighted by Crippen LogP contribution is 2.33. The third-order valence-corrected chi connectivity index (χ3v) is 7.52. The summed E-state index contributed by atoms with van der Waals surface area (Å²) in [6, 6.07) is 0.478. The lowest BCUT2D eigenvalue weighted by molar-refractivity contribution is -0.133. The summed E-state index contributed by atoms with van der Waals surface area (Å²) < 4.78 is 6.56. The molecule has 0 saturated heterocycles. The Bertz CT molecular complexity index is 655. The van der Waals surface area contributed by atoms with Crippen LogP contribution in [0.4, 0.5) is 9.93 Å². The van der Waals surface area contributed by atoms with Gasteiger partial charge in [0.25, 0.3) is 0 Å². The van der Waals surface area contributed by atoms with Gasteiger partial charge in [0.1, 0.15) is 0 Å². The van der Waals surface area contributed by atoms with Crippen LogP contribution in [0.15, 0.2) is 10.4 Å². The van der Waals surface area contributed by atoms with Gasteiger partial charge in [-0.05, 0) is 45.4 Å². The lowest BCUT2D eigenvalue weighted by Gasteiger charge is -2.40. The average molecular weight is 428 g/mol. The summed E-state index contributed by atoms with van der Waals surface area (Å²) in [5, 5.41) is 12.3. The molecule has 2 amide bonds. The van der Waals surface area contributed by atoms with Gasteiger partial charge in [-0.25, -0.2) is 9.78 Å². The lowest BCUT2D eigenvalue weighted by atomic mass is 9.91. The standard InChI is InChI=1S/C19H29N3O4S2/c1-2-26-15-9-7-14(8-10-15)22(13-5-3-4-6-13)19(25)21-18-20-11-17(28-18)27-12-16(23)24/h11,13-15H,2-10,12H2,1H3,(H,23,24)(H,20,21,25)/t14-,15-. The molecule has 1 heterocycles. The zero-order chi connectivity index (χ0) is 19.9. The van der Waals surface area contributed by atoms with Gasteiger partial charge in [0, 0.05) is 18.7 Å². The van der Waals surface area contributed by atoms with E-state index < -0.39 is 5.97 Å². The summed E-state index contributed by atoms with van der Waals surface area (Å²) in [6.07, 6.45) is 10.4. The maximum atomic E-state index is 13.1. The number of hydrogen-bond acceptors (Lipinski definition) is 6. The Hall–Kier alpha value is -1.32. The number of carboxylic acid groups (broad SMARTS) is 1. The monoisotopic (exact) mass is 427 g/mol. The first-order valence-electron chi connectivity index (χ1n) is 10.1. The Morgan fingerprint density at radius 2 is 1.93 bits per heavy atom. The minimum Gasteiger partial charge on any atom is -0.481 e. The van der Waals surface area contributed by atoms with Gasteiger partial charge in [0.2, 0.25) is 0 Å². The molecular weight excluding hydrogens is 398 g/mol. The quantitative estimate of drug-likeness (QED) is 0.596. The molecule has 0 spiro atoms. The van der Waals surface area contributed by atoms with E-state index in [0.717, 1.165) is 49.3 Å². The Balaban J connectivity index is 1.62. The van der Waals surface area contributed by atoms with Crippen molar-refractivity contribution in [3.8, 4) is 0 Å². The van der Waals surface area contributed by atoms with E-state index in [1.807, 2.05) is 6.92 Å². The molecule has 0 bridgehead atoms. The van der Waals surface area contributed by atoms with Gasteiger partial charge in [-0.2, -0.15) is 0 Å². The summed E-state index contributed by atoms with van der Waals surface area (Å²) in [5.41, 5.74) is 0. The van der Waals surface area contributed by atoms with E-state index in [9.17, 15) is 9.59 Å². The van der Waals surface area contributed by atoms with Crippen LogP contribution in [0.5, 0.6) is 0 Å². The molecule has 0 aromatic carbocycles. The molecule has 2 N–H and O–H groups in total. The molecule has 2 saturated carbocycles. The van der Waals surface area contributed by atoms with Crippen LogP contribution in [-0.2, 0) is 9.53 Å². The Kier molecular flexibility index (Phi) is 7.99. The number of thiazole rings is 1. The van der Waals surface area contributed by atoms with Crippen molar-refractivity contribution in [2.45, 2.75) is 80.7 Å². The number of hydrogen-bond donors (Lipinski definition) is 2. The molecule has 28 heavy (non-hydrogen) atoms. The largest absolute Gasteiger partial charge is 0.481 e. The number of ether oxygens (including phenoxy) is 1. The fraction of sp³-hybridized carbons (Fsp3) is 0.737. The van der Waals surface area contributed by atoms with Crippen LogP contribution in [0.3, 0.4) is 0 Å². The first kappa shape index (κ1) is 21.4. The third-order valence-electron chi connectivity index (χ3n) is 5.43. The normalized spacial score (nSPS) is 22.9. The van der Waals surface area contributed by atoms with Crippen LogP contribution in [0, 0.1) is 0 Å². The molecule has 0 aliphatic heterocycles. The number of carbonyl (C=O) groups is 2. The Labute approximate surface area is 174 Å². The van der Waals surface area contributed by atoms with Crippen molar-refractivity contribution in [2.24, 2.45) is 0 Å². The molecule has 7 nitrogen and oxygen atoms in total. The molecular formula is C19H29N3O4S2. The summed E-state index contributed by atoms with van der Waals surface area (Å²) >= 11 is 2.55. The zero-order valence-electron chi connectivity index (χ0n) is 16.3. The van der Waals surface area contributed by atoms with E-state index in [0.29, 0.717) is 17.3 Å². The number of rotatable bonds is 8. The molecule has 1 aromatic heterocycles. The number of anilines is 1. The van der Waals surface area contributed by atoms with Crippen LogP contribution < -0.4 is 5.32 Å². The summed E-state index contributed by atoms with van der Waals surface area (Å²) in [7, 11) is 0. The van der Waals surface area contributed by atoms with Crippen LogP contribution in [0.2, 0.25) is 0 Å². The molecule has 0 radical (unpaired) electrons. The molecule has 156 valence electrons. The van der Waals surface area contributed by atoms with Crippen molar-refractivity contribution >= 4 is 40.2 Å². The predicted octanol–water partition coefficient (Wildman–Crippen LogP) is 4.44. The number of carboxylic acids is 1. The van der Waals surface area contributed by atoms with E-state index in [4.69, 9.17) is 9.84 Å². The maximum absolute atomic E-state index is 13.1. The fourth-order valence-corrected chi connectivity index (χ4v) is 5.79. The minimum atomic E-state index is -0.862. The maximum Gasteiger partial charge on any atom is 0.324 e. The van der Waals surface area contributed by atoms with E-state index in [-0.39, 0.29) is 17.8 Å². The first-order valence-corrected chi connectivity index (χ1v) is 11.9. The van der Waals surface area contributed by atoms with Crippen LogP contribution >= 0.6 is 23.1 Å². The number of thioether (sulfide) groups is 1. The molecule has 0 unspecified atom stereocenters. The van der Waals surface area contributed by atoms with Crippen molar-refractivity contribution in [2.75, 3.05) is 17.7 Å². The summed E-state index contributed by atoms with van der Waals surface area (Å²) in [4.78, 5) is 30.2. The topological polar surface area (TPSA) is 91.8 Å². The molecule has 3 rings (SSSR count). The number of amides is 2. The summed E-state index contributed by atoms with van der Waals surface area (Å²) in [5.74, 6) is -0.869. The number of aliphatic carboxylic acids is 1. The van der Waals surface area contributed by atoms with E-state index in [1.54, 1.807) is 6.20 Å². The third kappa shape index (κ3) is 5.84. The Morgan fingerprint density at radius 1 is 1.25 bits per heavy atom. The fourth-order valence-electron chi connectivity index (χ4n) is 4.21. The zero-order valence-corrected chi connectivity index (χ0v) is 17.9. The smallest absolute Gasteiger partial charge is 0.324 e. The van der Waals surface area contributed by atoms with Crippen LogP contribution in [0.25, 0.3) is 0 Å². The van der Waals surface area contributed by atoms with Crippen molar-refractivity contribution in [3.63, 3.8) is 0 Å². The van der Waals surface area contributed by atoms with Gasteiger partial charge < -0.3 is 14.7 Å². The van der Waals surface area contributed by atoms with Crippen molar-refractivity contribution in [1.82, 2.24) is 9.88 Å². The van der Waals surface area contributed by atoms with Gasteiger partial charge in [0.15, 0.2) is 5.13 Å². The number of aromatic nitrogens is 1. The van der Waals surface area contributed by atoms with Gasteiger partial charge in [-0.3, -0.25) is 10.1 Å². The molecule has 0 atom stereocenters. The van der Waals surface area contributed by atoms with Gasteiger partial charge in [-0.1, -0.05) is 24.2 Å². The van der Waals surface area contributed by atoms with Crippen LogP contribution in [0.1, 0.15) is 58.3 Å². The second-order valence-electron chi connectivity index (χ2n) is 7.33. The van der Waals surface area contributed by atoms with Gasteiger partial charge >= 0.3 is 12.0 Å². The van der Waals surface area contributed by atoms with Crippen LogP contribution in [-0.4, -0.2) is 57.5 Å². The molecule has 2 aliphatic rings. The number of urea groups is 1. The first-order chi connectivity index (χ1) is 13.6. The highest BCUT2D eigenvalue weighted by atomic mass is 32.2. The highest BCUT2D eigenvalue weighted by Gasteiger charge is 2.35. The lowest BCUT2D eigenvalue weighted by Crippen LogP contribution is -2.50. The second kappa shape index (κ2) is 10.5. The number of nitrogens with one attached hydrogen (secondary N) is 1. The van der Waals surface area contributed by atoms with Crippen molar-refractivity contribution in [1.29, 1.82) is 0 Å². The van der Waals surface area contributed by atoms with Crippen molar-refractivity contribution in [3.05, 3.63) is 6.20 Å².